The minimum absolute atomic E-state index is 0.208. The number of nitrogens with zero attached hydrogens (tertiary/aromatic N) is 3. The number of urea groups is 2. The zero-order chi connectivity index (χ0) is 22.1. The summed E-state index contributed by atoms with van der Waals surface area (Å²) < 4.78 is 31.4. The van der Waals surface area contributed by atoms with E-state index in [1.165, 1.54) is 0 Å². The second-order valence-corrected chi connectivity index (χ2v) is 8.58. The van der Waals surface area contributed by atoms with E-state index >= 15 is 0 Å². The van der Waals surface area contributed by atoms with Crippen molar-refractivity contribution >= 4 is 40.4 Å². The van der Waals surface area contributed by atoms with Gasteiger partial charge in [-0.1, -0.05) is 0 Å². The molecule has 16 heteroatoms. The maximum absolute atomic E-state index is 12.3. The smallest absolute Gasteiger partial charge is 0.426 e. The van der Waals surface area contributed by atoms with Crippen molar-refractivity contribution in [2.75, 3.05) is 19.6 Å². The van der Waals surface area contributed by atoms with E-state index in [0.29, 0.717) is 14.2 Å². The Kier molecular flexibility index (Phi) is 5.77. The molecule has 0 aromatic carbocycles. The molecule has 7 amide bonds. The molecule has 0 aliphatic carbocycles. The molecule has 0 radical (unpaired) electrons. The van der Waals surface area contributed by atoms with Gasteiger partial charge in [0.1, 0.15) is 11.6 Å². The molecule has 0 aromatic heterocycles. The van der Waals surface area contributed by atoms with Crippen LogP contribution in [0, 0.1) is 0 Å². The molecule has 2 aliphatic heterocycles. The highest BCUT2D eigenvalue weighted by Crippen LogP contribution is 2.15. The molecule has 2 saturated heterocycles. The summed E-state index contributed by atoms with van der Waals surface area (Å²) in [5.74, 6) is -0.943. The lowest BCUT2D eigenvalue weighted by Crippen LogP contribution is -2.67. The third-order valence-electron chi connectivity index (χ3n) is 3.57. The van der Waals surface area contributed by atoms with Crippen LogP contribution < -0.4 is 15.5 Å². The number of ether oxygens (including phenoxy) is 1. The van der Waals surface area contributed by atoms with Gasteiger partial charge in [-0.15, -0.1) is 0 Å². The lowest BCUT2D eigenvalue weighted by molar-refractivity contribution is -0.138. The molecule has 0 saturated carbocycles. The molecule has 2 heterocycles. The summed E-state index contributed by atoms with van der Waals surface area (Å²) in [6.07, 6.45) is -2.45. The molecule has 0 spiro atoms. The highest BCUT2D eigenvalue weighted by Gasteiger charge is 2.45. The lowest BCUT2D eigenvalue weighted by atomic mass is 10.1. The largest absolute Gasteiger partial charge is 0.465 e. The molecule has 29 heavy (non-hydrogen) atoms. The van der Waals surface area contributed by atoms with Crippen LogP contribution in [0.3, 0.4) is 0 Å². The molecular formula is C13H20N6O9S. The van der Waals surface area contributed by atoms with Gasteiger partial charge < -0.3 is 15.2 Å². The number of likely N-dealkylation sites (tertiary alicyclic amines) is 1. The number of carbonyl (C=O) groups excluding carboxylic acids is 4. The maximum atomic E-state index is 12.3. The van der Waals surface area contributed by atoms with Crippen LogP contribution in [0.2, 0.25) is 0 Å². The summed E-state index contributed by atoms with van der Waals surface area (Å²) in [6.45, 7) is 3.83. The van der Waals surface area contributed by atoms with Crippen molar-refractivity contribution < 1.29 is 42.2 Å². The van der Waals surface area contributed by atoms with Gasteiger partial charge in [0.05, 0.1) is 19.6 Å². The third-order valence-corrected chi connectivity index (χ3v) is 4.93. The van der Waals surface area contributed by atoms with Gasteiger partial charge >= 0.3 is 34.5 Å². The summed E-state index contributed by atoms with van der Waals surface area (Å²) in [4.78, 5) is 58.5. The second-order valence-electron chi connectivity index (χ2n) is 6.98. The maximum Gasteiger partial charge on any atom is 0.426 e. The van der Waals surface area contributed by atoms with Crippen LogP contribution in [0.4, 0.5) is 19.2 Å². The molecule has 4 N–H and O–H groups in total. The van der Waals surface area contributed by atoms with Gasteiger partial charge in [0, 0.05) is 0 Å². The number of amides is 7. The predicted molar refractivity (Wildman–Crippen MR) is 92.3 cm³/mol. The van der Waals surface area contributed by atoms with E-state index in [0.717, 1.165) is 0 Å². The Bertz CT molecular complexity index is 851. The standard InChI is InChI=1S/C13H20N6O9S/c1-13(2,3)28-11(24)15-18-4-5-19(12(18)25)29(26,27)16-9(21)17-6-7(8(17)20)14-10(22)23/h7,14H,4-6H2,1-3H3,(H,15,24)(H,16,21)(H,22,23). The van der Waals surface area contributed by atoms with Crippen LogP contribution in [0.25, 0.3) is 0 Å². The van der Waals surface area contributed by atoms with Gasteiger partial charge in [0.25, 0.3) is 5.91 Å². The Balaban J connectivity index is 1.94. The second kappa shape index (κ2) is 7.61. The van der Waals surface area contributed by atoms with E-state index in [2.05, 4.69) is 5.43 Å². The van der Waals surface area contributed by atoms with Gasteiger partial charge in [-0.2, -0.15) is 8.42 Å². The topological polar surface area (TPSA) is 195 Å². The van der Waals surface area contributed by atoms with Gasteiger partial charge in [0.15, 0.2) is 0 Å². The highest BCUT2D eigenvalue weighted by molar-refractivity contribution is 7.88. The quantitative estimate of drug-likeness (QED) is 0.383. The summed E-state index contributed by atoms with van der Waals surface area (Å²) in [6, 6.07) is -3.65. The Hall–Kier alpha value is -3.30. The van der Waals surface area contributed by atoms with E-state index in [4.69, 9.17) is 9.84 Å². The summed E-state index contributed by atoms with van der Waals surface area (Å²) in [7, 11) is -4.68. The van der Waals surface area contributed by atoms with Crippen LogP contribution in [0.1, 0.15) is 20.8 Å². The first kappa shape index (κ1) is 22.0. The number of imide groups is 1. The van der Waals surface area contributed by atoms with Gasteiger partial charge in [-0.05, 0) is 20.8 Å². The fourth-order valence-corrected chi connectivity index (χ4v) is 3.41. The number of hydrogen-bond donors (Lipinski definition) is 4. The predicted octanol–water partition coefficient (Wildman–Crippen LogP) is -1.40. The average Bonchev–Trinajstić information content (AvgIpc) is 2.89. The number of β-lactam (4-membered cyclic amide) rings is 1. The number of hydrogen-bond acceptors (Lipinski definition) is 8. The Morgan fingerprint density at radius 1 is 1.17 bits per heavy atom. The molecule has 0 aromatic rings. The van der Waals surface area contributed by atoms with Gasteiger partial charge in [-0.3, -0.25) is 9.69 Å². The zero-order valence-electron chi connectivity index (χ0n) is 15.7. The van der Waals surface area contributed by atoms with Crippen LogP contribution in [0.15, 0.2) is 0 Å². The van der Waals surface area contributed by atoms with E-state index in [1.807, 2.05) is 5.32 Å². The first-order chi connectivity index (χ1) is 13.2. The third kappa shape index (κ3) is 5.15. The van der Waals surface area contributed by atoms with Crippen molar-refractivity contribution in [3.05, 3.63) is 0 Å². The Morgan fingerprint density at radius 3 is 2.31 bits per heavy atom. The van der Waals surface area contributed by atoms with Gasteiger partial charge in [0.2, 0.25) is 0 Å². The summed E-state index contributed by atoms with van der Waals surface area (Å²) >= 11 is 0. The first-order valence-corrected chi connectivity index (χ1v) is 9.61. The van der Waals surface area contributed by atoms with Crippen LogP contribution in [-0.2, 0) is 19.7 Å². The van der Waals surface area contributed by atoms with Crippen molar-refractivity contribution in [2.45, 2.75) is 32.4 Å². The molecule has 2 aliphatic rings. The minimum Gasteiger partial charge on any atom is -0.465 e. The van der Waals surface area contributed by atoms with Crippen molar-refractivity contribution in [1.82, 2.24) is 29.7 Å². The molecule has 2 rings (SSSR count). The average molecular weight is 436 g/mol. The fraction of sp³-hybridized carbons (Fsp3) is 0.615. The molecule has 162 valence electrons. The zero-order valence-corrected chi connectivity index (χ0v) is 16.5. The fourth-order valence-electron chi connectivity index (χ4n) is 2.34. The van der Waals surface area contributed by atoms with E-state index in [1.54, 1.807) is 25.5 Å². The first-order valence-electron chi connectivity index (χ1n) is 8.17. The van der Waals surface area contributed by atoms with Crippen molar-refractivity contribution in [3.8, 4) is 0 Å². The van der Waals surface area contributed by atoms with Crippen molar-refractivity contribution in [2.24, 2.45) is 0 Å². The van der Waals surface area contributed by atoms with Crippen molar-refractivity contribution in [3.63, 3.8) is 0 Å². The molecule has 0 bridgehead atoms. The monoisotopic (exact) mass is 436 g/mol. The number of hydrazine groups is 1. The van der Waals surface area contributed by atoms with Crippen LogP contribution in [-0.4, -0.2) is 89.2 Å². The molecule has 2 fully saturated rings. The Labute approximate surface area is 165 Å². The summed E-state index contributed by atoms with van der Waals surface area (Å²) in [5, 5.41) is 11.1. The van der Waals surface area contributed by atoms with Crippen LogP contribution >= 0.6 is 0 Å². The number of carbonyl (C=O) groups is 5. The molecular weight excluding hydrogens is 416 g/mol. The lowest BCUT2D eigenvalue weighted by Gasteiger charge is -2.36. The molecule has 15 nitrogen and oxygen atoms in total. The van der Waals surface area contributed by atoms with Gasteiger partial charge in [-0.25, -0.2) is 38.6 Å². The van der Waals surface area contributed by atoms with E-state index in [-0.39, 0.29) is 19.6 Å². The normalized spacial score (nSPS) is 19.6. The minimum atomic E-state index is -4.68. The molecule has 1 unspecified atom stereocenters. The SMILES string of the molecule is CC(C)(C)OC(=O)NN1CCN(S(=O)(=O)NC(=O)N2CC(NC(=O)O)C2=O)C1=O. The summed E-state index contributed by atoms with van der Waals surface area (Å²) in [5.41, 5.74) is 1.25. The van der Waals surface area contributed by atoms with E-state index in [9.17, 15) is 32.4 Å². The highest BCUT2D eigenvalue weighted by atomic mass is 32.2. The van der Waals surface area contributed by atoms with E-state index < -0.39 is 52.0 Å². The van der Waals surface area contributed by atoms with Crippen molar-refractivity contribution in [1.29, 1.82) is 0 Å². The van der Waals surface area contributed by atoms with Crippen LogP contribution in [0.5, 0.6) is 0 Å². The number of rotatable bonds is 4. The molecule has 1 atom stereocenters. The number of nitrogens with one attached hydrogen (secondary N) is 3. The number of carboxylic acid groups (broad SMARTS) is 1. The Morgan fingerprint density at radius 2 is 1.79 bits per heavy atom.